The highest BCUT2D eigenvalue weighted by Gasteiger charge is 2.31. The van der Waals surface area contributed by atoms with E-state index in [1.807, 2.05) is 0 Å². The van der Waals surface area contributed by atoms with Crippen LogP contribution in [-0.2, 0) is 4.74 Å². The van der Waals surface area contributed by atoms with Crippen LogP contribution >= 0.6 is 0 Å². The Balaban J connectivity index is 2.65. The van der Waals surface area contributed by atoms with E-state index in [9.17, 15) is 0 Å². The monoisotopic (exact) mass is 214 g/mol. The molecule has 3 atom stereocenters. The molecule has 3 nitrogen and oxygen atoms in total. The maximum Gasteiger partial charge on any atom is 0.0618 e. The second kappa shape index (κ2) is 6.46. The molecule has 2 N–H and O–H groups in total. The smallest absolute Gasteiger partial charge is 0.0618 e. The van der Waals surface area contributed by atoms with E-state index in [4.69, 9.17) is 10.5 Å². The third-order valence-corrected chi connectivity index (χ3v) is 3.61. The quantitative estimate of drug-likeness (QED) is 0.755. The Bertz CT molecular complexity index is 175. The highest BCUT2D eigenvalue weighted by Crippen LogP contribution is 2.25. The van der Waals surface area contributed by atoms with Crippen LogP contribution in [0.5, 0.6) is 0 Å². The first-order chi connectivity index (χ1) is 7.24. The molecule has 0 spiro atoms. The number of nitrogens with zero attached hydrogens (tertiary/aromatic N) is 1. The van der Waals surface area contributed by atoms with Gasteiger partial charge in [-0.05, 0) is 26.2 Å². The van der Waals surface area contributed by atoms with Crippen LogP contribution in [0.4, 0.5) is 0 Å². The highest BCUT2D eigenvalue weighted by atomic mass is 16.5. The molecule has 1 saturated heterocycles. The molecule has 0 radical (unpaired) electrons. The Hall–Kier alpha value is -0.120. The lowest BCUT2D eigenvalue weighted by molar-refractivity contribution is 0.00866. The van der Waals surface area contributed by atoms with E-state index in [2.05, 4.69) is 18.7 Å². The van der Waals surface area contributed by atoms with Gasteiger partial charge in [-0.25, -0.2) is 0 Å². The SMILES string of the molecule is CCC(COC)N1C(C)CCCC1CN. The summed E-state index contributed by atoms with van der Waals surface area (Å²) in [5.41, 5.74) is 5.86. The molecule has 0 amide bonds. The highest BCUT2D eigenvalue weighted by molar-refractivity contribution is 4.87. The number of ether oxygens (including phenoxy) is 1. The van der Waals surface area contributed by atoms with Gasteiger partial charge in [0.2, 0.25) is 0 Å². The van der Waals surface area contributed by atoms with Gasteiger partial charge in [0.05, 0.1) is 6.61 Å². The van der Waals surface area contributed by atoms with Gasteiger partial charge < -0.3 is 10.5 Å². The average molecular weight is 214 g/mol. The fraction of sp³-hybridized carbons (Fsp3) is 1.00. The van der Waals surface area contributed by atoms with Gasteiger partial charge in [-0.3, -0.25) is 4.90 Å². The molecule has 0 bridgehead atoms. The lowest BCUT2D eigenvalue weighted by Gasteiger charge is -2.44. The van der Waals surface area contributed by atoms with Crippen molar-refractivity contribution in [2.75, 3.05) is 20.3 Å². The summed E-state index contributed by atoms with van der Waals surface area (Å²) in [7, 11) is 1.79. The number of hydrogen-bond acceptors (Lipinski definition) is 3. The largest absolute Gasteiger partial charge is 0.383 e. The topological polar surface area (TPSA) is 38.5 Å². The van der Waals surface area contributed by atoms with Crippen molar-refractivity contribution in [3.8, 4) is 0 Å². The maximum atomic E-state index is 5.86. The van der Waals surface area contributed by atoms with E-state index in [0.29, 0.717) is 18.1 Å². The van der Waals surface area contributed by atoms with Crippen molar-refractivity contribution >= 4 is 0 Å². The Kier molecular flexibility index (Phi) is 5.58. The molecule has 1 heterocycles. The summed E-state index contributed by atoms with van der Waals surface area (Å²) in [5, 5.41) is 0. The Morgan fingerprint density at radius 1 is 1.47 bits per heavy atom. The van der Waals surface area contributed by atoms with Gasteiger partial charge in [0.25, 0.3) is 0 Å². The van der Waals surface area contributed by atoms with Gasteiger partial charge in [-0.2, -0.15) is 0 Å². The van der Waals surface area contributed by atoms with Crippen LogP contribution in [-0.4, -0.2) is 43.3 Å². The number of methoxy groups -OCH3 is 1. The van der Waals surface area contributed by atoms with Gasteiger partial charge >= 0.3 is 0 Å². The van der Waals surface area contributed by atoms with E-state index < -0.39 is 0 Å². The molecule has 0 aromatic heterocycles. The molecule has 1 rings (SSSR count). The summed E-state index contributed by atoms with van der Waals surface area (Å²) < 4.78 is 5.31. The Morgan fingerprint density at radius 3 is 2.73 bits per heavy atom. The minimum absolute atomic E-state index is 0.541. The molecule has 1 fully saturated rings. The summed E-state index contributed by atoms with van der Waals surface area (Å²) in [6.07, 6.45) is 5.02. The number of hydrogen-bond donors (Lipinski definition) is 1. The zero-order chi connectivity index (χ0) is 11.3. The first-order valence-corrected chi connectivity index (χ1v) is 6.21. The summed E-state index contributed by atoms with van der Waals surface area (Å²) in [4.78, 5) is 2.59. The predicted molar refractivity (Wildman–Crippen MR) is 63.9 cm³/mol. The minimum Gasteiger partial charge on any atom is -0.383 e. The second-order valence-corrected chi connectivity index (χ2v) is 4.63. The van der Waals surface area contributed by atoms with Gasteiger partial charge in [-0.1, -0.05) is 13.3 Å². The van der Waals surface area contributed by atoms with Crippen LogP contribution in [0.25, 0.3) is 0 Å². The summed E-state index contributed by atoms with van der Waals surface area (Å²) in [5.74, 6) is 0. The van der Waals surface area contributed by atoms with E-state index >= 15 is 0 Å². The predicted octanol–water partition coefficient (Wildman–Crippen LogP) is 1.61. The zero-order valence-corrected chi connectivity index (χ0v) is 10.4. The molecule has 1 aliphatic heterocycles. The first kappa shape index (κ1) is 12.9. The van der Waals surface area contributed by atoms with Crippen molar-refractivity contribution < 1.29 is 4.74 Å². The van der Waals surface area contributed by atoms with Crippen molar-refractivity contribution in [3.63, 3.8) is 0 Å². The number of rotatable bonds is 5. The number of piperidine rings is 1. The fourth-order valence-corrected chi connectivity index (χ4v) is 2.81. The Labute approximate surface area is 94.0 Å². The normalized spacial score (nSPS) is 30.4. The first-order valence-electron chi connectivity index (χ1n) is 6.21. The third-order valence-electron chi connectivity index (χ3n) is 3.61. The van der Waals surface area contributed by atoms with Crippen molar-refractivity contribution in [1.82, 2.24) is 4.90 Å². The maximum absolute atomic E-state index is 5.86. The van der Waals surface area contributed by atoms with Gasteiger partial charge in [0, 0.05) is 31.8 Å². The molecule has 15 heavy (non-hydrogen) atoms. The van der Waals surface area contributed by atoms with Crippen molar-refractivity contribution in [1.29, 1.82) is 0 Å². The van der Waals surface area contributed by atoms with E-state index in [0.717, 1.165) is 19.6 Å². The molecule has 0 saturated carbocycles. The van der Waals surface area contributed by atoms with E-state index in [-0.39, 0.29) is 0 Å². The van der Waals surface area contributed by atoms with Crippen molar-refractivity contribution in [3.05, 3.63) is 0 Å². The molecule has 3 unspecified atom stereocenters. The van der Waals surface area contributed by atoms with Gasteiger partial charge in [-0.15, -0.1) is 0 Å². The lowest BCUT2D eigenvalue weighted by atomic mass is 9.93. The molecule has 1 aliphatic rings. The van der Waals surface area contributed by atoms with Crippen LogP contribution in [0.3, 0.4) is 0 Å². The summed E-state index contributed by atoms with van der Waals surface area (Å²) in [6, 6.07) is 1.76. The second-order valence-electron chi connectivity index (χ2n) is 4.63. The molecule has 90 valence electrons. The van der Waals surface area contributed by atoms with Crippen molar-refractivity contribution in [2.24, 2.45) is 5.73 Å². The standard InChI is InChI=1S/C12H26N2O/c1-4-11(9-15-3)14-10(2)6-5-7-12(14)8-13/h10-12H,4-9,13H2,1-3H3. The number of nitrogens with two attached hydrogens (primary N) is 1. The molecule has 0 aromatic rings. The van der Waals surface area contributed by atoms with Crippen LogP contribution in [0.15, 0.2) is 0 Å². The summed E-state index contributed by atoms with van der Waals surface area (Å²) >= 11 is 0. The molecular weight excluding hydrogens is 188 g/mol. The fourth-order valence-electron chi connectivity index (χ4n) is 2.81. The van der Waals surface area contributed by atoms with E-state index in [1.165, 1.54) is 19.3 Å². The minimum atomic E-state index is 0.541. The molecule has 0 aromatic carbocycles. The molecule has 0 aliphatic carbocycles. The summed E-state index contributed by atoms with van der Waals surface area (Å²) in [6.45, 7) is 6.17. The zero-order valence-electron chi connectivity index (χ0n) is 10.4. The Morgan fingerprint density at radius 2 is 2.20 bits per heavy atom. The van der Waals surface area contributed by atoms with Crippen molar-refractivity contribution in [2.45, 2.75) is 57.7 Å². The lowest BCUT2D eigenvalue weighted by Crippen LogP contribution is -2.54. The number of likely N-dealkylation sites (tertiary alicyclic amines) is 1. The molecular formula is C12H26N2O. The van der Waals surface area contributed by atoms with E-state index in [1.54, 1.807) is 7.11 Å². The molecule has 3 heteroatoms. The van der Waals surface area contributed by atoms with Crippen LogP contribution in [0.2, 0.25) is 0 Å². The van der Waals surface area contributed by atoms with Crippen LogP contribution in [0.1, 0.15) is 39.5 Å². The third kappa shape index (κ3) is 3.16. The van der Waals surface area contributed by atoms with Gasteiger partial charge in [0.1, 0.15) is 0 Å². The van der Waals surface area contributed by atoms with Crippen LogP contribution < -0.4 is 5.73 Å². The average Bonchev–Trinajstić information content (AvgIpc) is 2.26. The van der Waals surface area contributed by atoms with Gasteiger partial charge in [0.15, 0.2) is 0 Å². The van der Waals surface area contributed by atoms with Crippen LogP contribution in [0, 0.1) is 0 Å².